The first-order valence-corrected chi connectivity index (χ1v) is 5.51. The maximum atomic E-state index is 12.2. The lowest BCUT2D eigenvalue weighted by Crippen LogP contribution is -2.20. The molecule has 0 aliphatic rings. The summed E-state index contributed by atoms with van der Waals surface area (Å²) in [7, 11) is 3.29. The summed E-state index contributed by atoms with van der Waals surface area (Å²) >= 11 is 0. The topological polar surface area (TPSA) is 61.4 Å². The molecule has 3 aromatic rings. The van der Waals surface area contributed by atoms with Gasteiger partial charge in [0.05, 0.1) is 18.8 Å². The van der Waals surface area contributed by atoms with Crippen LogP contribution in [0.4, 0.5) is 0 Å². The van der Waals surface area contributed by atoms with Crippen molar-refractivity contribution >= 4 is 16.7 Å². The minimum atomic E-state index is -0.0879. The molecule has 0 saturated carbocycles. The van der Waals surface area contributed by atoms with Gasteiger partial charge in [-0.25, -0.2) is 4.98 Å². The molecule has 92 valence electrons. The quantitative estimate of drug-likeness (QED) is 0.638. The Morgan fingerprint density at radius 1 is 1.28 bits per heavy atom. The lowest BCUT2D eigenvalue weighted by molar-refractivity contribution is 0.399. The van der Waals surface area contributed by atoms with E-state index in [0.29, 0.717) is 17.0 Å². The summed E-state index contributed by atoms with van der Waals surface area (Å²) in [5.74, 6) is 1.24. The lowest BCUT2D eigenvalue weighted by Gasteiger charge is -2.09. The molecule has 0 bridgehead atoms. The van der Waals surface area contributed by atoms with Gasteiger partial charge in [0.1, 0.15) is 11.3 Å². The highest BCUT2D eigenvalue weighted by molar-refractivity contribution is 5.75. The average molecular weight is 244 g/mol. The van der Waals surface area contributed by atoms with E-state index in [-0.39, 0.29) is 5.56 Å². The van der Waals surface area contributed by atoms with Crippen LogP contribution in [-0.2, 0) is 7.05 Å². The normalized spacial score (nSPS) is 11.3. The van der Waals surface area contributed by atoms with Crippen molar-refractivity contribution in [2.24, 2.45) is 7.05 Å². The number of rotatable bonds is 1. The standard InChI is InChI=1S/C12H12N4O2/c1-7-13-6-9-12(17)15(2)8-4-5-10(18-3)14-11(8)16(7)9/h4-6H,1-3H3. The summed E-state index contributed by atoms with van der Waals surface area (Å²) in [4.78, 5) is 20.7. The second kappa shape index (κ2) is 3.56. The lowest BCUT2D eigenvalue weighted by atomic mass is 10.3. The Labute approximate surface area is 102 Å². The van der Waals surface area contributed by atoms with Crippen LogP contribution in [0, 0.1) is 6.92 Å². The van der Waals surface area contributed by atoms with Gasteiger partial charge in [-0.2, -0.15) is 4.98 Å². The molecule has 0 aliphatic heterocycles. The van der Waals surface area contributed by atoms with Crippen molar-refractivity contribution in [3.05, 3.63) is 34.5 Å². The number of imidazole rings is 1. The van der Waals surface area contributed by atoms with Gasteiger partial charge in [-0.05, 0) is 13.0 Å². The highest BCUT2D eigenvalue weighted by Crippen LogP contribution is 2.17. The van der Waals surface area contributed by atoms with Crippen LogP contribution >= 0.6 is 0 Å². The van der Waals surface area contributed by atoms with Crippen LogP contribution in [0.1, 0.15) is 5.82 Å². The number of pyridine rings is 1. The fourth-order valence-corrected chi connectivity index (χ4v) is 2.11. The van der Waals surface area contributed by atoms with Gasteiger partial charge >= 0.3 is 0 Å². The number of hydrogen-bond donors (Lipinski definition) is 0. The van der Waals surface area contributed by atoms with E-state index in [1.165, 1.54) is 0 Å². The fraction of sp³-hybridized carbons (Fsp3) is 0.250. The number of aromatic nitrogens is 4. The zero-order chi connectivity index (χ0) is 12.9. The van der Waals surface area contributed by atoms with Crippen LogP contribution in [0.2, 0.25) is 0 Å². The Morgan fingerprint density at radius 3 is 2.78 bits per heavy atom. The van der Waals surface area contributed by atoms with Gasteiger partial charge < -0.3 is 9.30 Å². The largest absolute Gasteiger partial charge is 0.481 e. The van der Waals surface area contributed by atoms with Crippen molar-refractivity contribution in [1.82, 2.24) is 18.9 Å². The Kier molecular flexibility index (Phi) is 2.13. The van der Waals surface area contributed by atoms with Crippen LogP contribution in [0.15, 0.2) is 23.1 Å². The zero-order valence-corrected chi connectivity index (χ0v) is 10.3. The van der Waals surface area contributed by atoms with Crippen LogP contribution < -0.4 is 10.3 Å². The maximum absolute atomic E-state index is 12.2. The van der Waals surface area contributed by atoms with Crippen LogP contribution in [0.5, 0.6) is 5.88 Å². The minimum absolute atomic E-state index is 0.0879. The summed E-state index contributed by atoms with van der Waals surface area (Å²) in [6, 6.07) is 3.56. The maximum Gasteiger partial charge on any atom is 0.276 e. The van der Waals surface area contributed by atoms with Gasteiger partial charge in [0, 0.05) is 13.1 Å². The van der Waals surface area contributed by atoms with Gasteiger partial charge in [0.2, 0.25) is 5.88 Å². The molecule has 0 N–H and O–H groups in total. The number of ether oxygens (including phenoxy) is 1. The zero-order valence-electron chi connectivity index (χ0n) is 10.3. The molecule has 0 radical (unpaired) electrons. The SMILES string of the molecule is COc1ccc2c(n1)n1c(C)ncc1c(=O)n2C. The molecule has 0 fully saturated rings. The Morgan fingerprint density at radius 2 is 2.06 bits per heavy atom. The van der Waals surface area contributed by atoms with Crippen molar-refractivity contribution in [2.75, 3.05) is 7.11 Å². The van der Waals surface area contributed by atoms with Gasteiger partial charge in [0.25, 0.3) is 5.56 Å². The molecular weight excluding hydrogens is 232 g/mol. The van der Waals surface area contributed by atoms with E-state index in [2.05, 4.69) is 9.97 Å². The predicted octanol–water partition coefficient (Wildman–Crippen LogP) is 0.898. The van der Waals surface area contributed by atoms with E-state index < -0.39 is 0 Å². The number of fused-ring (bicyclic) bond motifs is 3. The molecule has 0 aromatic carbocycles. The molecule has 0 atom stereocenters. The number of hydrogen-bond acceptors (Lipinski definition) is 4. The molecule has 3 heterocycles. The monoisotopic (exact) mass is 244 g/mol. The summed E-state index contributed by atoms with van der Waals surface area (Å²) in [5.41, 5.74) is 1.84. The molecule has 3 rings (SSSR count). The first-order chi connectivity index (χ1) is 8.63. The number of aryl methyl sites for hydroxylation is 2. The van der Waals surface area contributed by atoms with Gasteiger partial charge in [-0.1, -0.05) is 0 Å². The van der Waals surface area contributed by atoms with E-state index in [1.54, 1.807) is 35.4 Å². The molecule has 6 nitrogen and oxygen atoms in total. The first-order valence-electron chi connectivity index (χ1n) is 5.51. The van der Waals surface area contributed by atoms with E-state index >= 15 is 0 Å². The highest BCUT2D eigenvalue weighted by Gasteiger charge is 2.12. The summed E-state index contributed by atoms with van der Waals surface area (Å²) in [6.45, 7) is 1.84. The molecule has 0 spiro atoms. The van der Waals surface area contributed by atoms with Crippen LogP contribution in [-0.4, -0.2) is 26.0 Å². The fourth-order valence-electron chi connectivity index (χ4n) is 2.11. The van der Waals surface area contributed by atoms with E-state index in [4.69, 9.17) is 4.74 Å². The van der Waals surface area contributed by atoms with E-state index in [9.17, 15) is 4.79 Å². The van der Waals surface area contributed by atoms with Crippen molar-refractivity contribution < 1.29 is 4.74 Å². The van der Waals surface area contributed by atoms with Crippen LogP contribution in [0.3, 0.4) is 0 Å². The van der Waals surface area contributed by atoms with Crippen LogP contribution in [0.25, 0.3) is 16.7 Å². The third kappa shape index (κ3) is 1.25. The van der Waals surface area contributed by atoms with E-state index in [1.807, 2.05) is 13.0 Å². The van der Waals surface area contributed by atoms with Crippen molar-refractivity contribution in [3.8, 4) is 5.88 Å². The Hall–Kier alpha value is -2.37. The third-order valence-corrected chi connectivity index (χ3v) is 3.07. The molecule has 6 heteroatoms. The smallest absolute Gasteiger partial charge is 0.276 e. The second-order valence-electron chi connectivity index (χ2n) is 4.09. The average Bonchev–Trinajstić information content (AvgIpc) is 2.77. The Balaban J connectivity index is 2.64. The molecule has 3 aromatic heterocycles. The number of nitrogens with zero attached hydrogens (tertiary/aromatic N) is 4. The summed E-state index contributed by atoms with van der Waals surface area (Å²) in [6.07, 6.45) is 1.57. The molecule has 0 aliphatic carbocycles. The van der Waals surface area contributed by atoms with E-state index in [0.717, 1.165) is 11.3 Å². The molecular formula is C12H12N4O2. The predicted molar refractivity (Wildman–Crippen MR) is 67.0 cm³/mol. The van der Waals surface area contributed by atoms with Gasteiger partial charge in [0.15, 0.2) is 5.65 Å². The highest BCUT2D eigenvalue weighted by atomic mass is 16.5. The first kappa shape index (κ1) is 10.8. The van der Waals surface area contributed by atoms with Gasteiger partial charge in [-0.15, -0.1) is 0 Å². The van der Waals surface area contributed by atoms with Crippen molar-refractivity contribution in [3.63, 3.8) is 0 Å². The number of methoxy groups -OCH3 is 1. The molecule has 0 unspecified atom stereocenters. The Bertz CT molecular complexity index is 816. The van der Waals surface area contributed by atoms with Crippen molar-refractivity contribution in [2.45, 2.75) is 6.92 Å². The second-order valence-corrected chi connectivity index (χ2v) is 4.09. The third-order valence-electron chi connectivity index (χ3n) is 3.07. The molecule has 0 saturated heterocycles. The summed E-state index contributed by atoms with van der Waals surface area (Å²) in [5, 5.41) is 0. The van der Waals surface area contributed by atoms with Crippen molar-refractivity contribution in [1.29, 1.82) is 0 Å². The molecule has 18 heavy (non-hydrogen) atoms. The summed E-state index contributed by atoms with van der Waals surface area (Å²) < 4.78 is 8.44. The van der Waals surface area contributed by atoms with Gasteiger partial charge in [-0.3, -0.25) is 9.20 Å². The minimum Gasteiger partial charge on any atom is -0.481 e. The molecule has 0 amide bonds.